The van der Waals surface area contributed by atoms with Crippen LogP contribution in [-0.2, 0) is 37.9 Å². The predicted molar refractivity (Wildman–Crippen MR) is 276 cm³/mol. The van der Waals surface area contributed by atoms with E-state index in [1.54, 1.807) is 121 Å². The molecule has 0 N–H and O–H groups in total. The van der Waals surface area contributed by atoms with Crippen LogP contribution >= 0.6 is 0 Å². The Morgan fingerprint density at radius 3 is 1.78 bits per heavy atom. The highest BCUT2D eigenvalue weighted by Crippen LogP contribution is 2.70. The molecule has 2 heterocycles. The Kier molecular flexibility index (Phi) is 15.1. The monoisotopic (exact) mass is 1010 g/mol. The zero-order valence-corrected chi connectivity index (χ0v) is 43.6. The summed E-state index contributed by atoms with van der Waals surface area (Å²) >= 11 is 0. The fourth-order valence-corrected chi connectivity index (χ4v) is 13.9. The van der Waals surface area contributed by atoms with E-state index in [1.807, 2.05) is 0 Å². The number of ether oxygens (including phenoxy) is 8. The quantitative estimate of drug-likeness (QED) is 0.0635. The average Bonchev–Trinajstić information content (AvgIpc) is 3.86. The molecule has 392 valence electrons. The maximum absolute atomic E-state index is 14.2. The van der Waals surface area contributed by atoms with E-state index in [9.17, 15) is 19.2 Å². The summed E-state index contributed by atoms with van der Waals surface area (Å²) in [7, 11) is 0. The minimum Gasteiger partial charge on any atom is -0.459 e. The second-order valence-electron chi connectivity index (χ2n) is 22.6. The van der Waals surface area contributed by atoms with Crippen molar-refractivity contribution in [1.29, 1.82) is 0 Å². The van der Waals surface area contributed by atoms with E-state index in [-0.39, 0.29) is 33.6 Å². The lowest BCUT2D eigenvalue weighted by Gasteiger charge is -2.58. The number of allylic oxidation sites excluding steroid dienone is 1. The Morgan fingerprint density at radius 2 is 1.22 bits per heavy atom. The summed E-state index contributed by atoms with van der Waals surface area (Å²) in [6, 6.07) is 33.7. The molecule has 2 saturated heterocycles. The highest BCUT2D eigenvalue weighted by Gasteiger charge is 2.68. The van der Waals surface area contributed by atoms with Gasteiger partial charge in [-0.15, -0.1) is 0 Å². The third-order valence-electron chi connectivity index (χ3n) is 18.3. The fourth-order valence-electron chi connectivity index (χ4n) is 13.9. The topological polar surface area (TPSA) is 142 Å². The van der Waals surface area contributed by atoms with Gasteiger partial charge in [-0.3, -0.25) is 0 Å². The number of esters is 4. The second-order valence-corrected chi connectivity index (χ2v) is 22.6. The summed E-state index contributed by atoms with van der Waals surface area (Å²) in [5, 5.41) is 0. The van der Waals surface area contributed by atoms with Gasteiger partial charge in [-0.1, -0.05) is 125 Å². The van der Waals surface area contributed by atoms with Crippen molar-refractivity contribution in [1.82, 2.24) is 0 Å². The van der Waals surface area contributed by atoms with Gasteiger partial charge < -0.3 is 37.9 Å². The molecule has 10 rings (SSSR count). The van der Waals surface area contributed by atoms with Crippen LogP contribution in [0, 0.1) is 46.3 Å². The highest BCUT2D eigenvalue weighted by molar-refractivity contribution is 5.91. The van der Waals surface area contributed by atoms with Gasteiger partial charge >= 0.3 is 23.9 Å². The molecule has 0 bridgehead atoms. The van der Waals surface area contributed by atoms with Gasteiger partial charge in [0.05, 0.1) is 41.1 Å². The third kappa shape index (κ3) is 10.1. The Labute approximate surface area is 435 Å². The summed E-state index contributed by atoms with van der Waals surface area (Å²) < 4.78 is 52.3. The minimum atomic E-state index is -1.50. The van der Waals surface area contributed by atoms with E-state index < -0.39 is 73.1 Å². The number of carbonyl (C=O) groups is 4. The lowest BCUT2D eigenvalue weighted by atomic mass is 9.47. The lowest BCUT2D eigenvalue weighted by molar-refractivity contribution is -0.310. The zero-order valence-electron chi connectivity index (χ0n) is 43.6. The van der Waals surface area contributed by atoms with Gasteiger partial charge in [-0.25, -0.2) is 19.2 Å². The van der Waals surface area contributed by atoms with E-state index in [0.717, 1.165) is 38.5 Å². The molecule has 74 heavy (non-hydrogen) atoms. The highest BCUT2D eigenvalue weighted by atomic mass is 16.7. The van der Waals surface area contributed by atoms with Gasteiger partial charge in [0.25, 0.3) is 0 Å². The van der Waals surface area contributed by atoms with Crippen molar-refractivity contribution in [2.24, 2.45) is 46.3 Å². The van der Waals surface area contributed by atoms with Crippen LogP contribution in [-0.4, -0.2) is 85.8 Å². The second kappa shape index (κ2) is 21.5. The van der Waals surface area contributed by atoms with Gasteiger partial charge in [-0.2, -0.15) is 0 Å². The smallest absolute Gasteiger partial charge is 0.338 e. The number of hydrogen-bond donors (Lipinski definition) is 0. The van der Waals surface area contributed by atoms with Crippen LogP contribution in [0.5, 0.6) is 0 Å². The van der Waals surface area contributed by atoms with E-state index in [4.69, 9.17) is 37.9 Å². The Balaban J connectivity index is 0.941. The molecule has 16 atom stereocenters. The van der Waals surface area contributed by atoms with Gasteiger partial charge in [0, 0.05) is 5.92 Å². The van der Waals surface area contributed by atoms with E-state index >= 15 is 0 Å². The Bertz CT molecular complexity index is 2640. The first-order chi connectivity index (χ1) is 35.7. The van der Waals surface area contributed by atoms with E-state index in [1.165, 1.54) is 5.57 Å². The number of benzene rings is 4. The van der Waals surface area contributed by atoms with Gasteiger partial charge in [-0.05, 0) is 141 Å². The van der Waals surface area contributed by atoms with Crippen LogP contribution in [0.1, 0.15) is 134 Å². The number of hydrogen-bond acceptors (Lipinski definition) is 12. The number of fused-ring (bicyclic) bond motifs is 7. The summed E-state index contributed by atoms with van der Waals surface area (Å²) in [6.07, 6.45) is 2.85. The molecular weight excluding hydrogens is 937 g/mol. The molecule has 6 aliphatic rings. The summed E-state index contributed by atoms with van der Waals surface area (Å²) in [5.41, 5.74) is 2.45. The van der Waals surface area contributed by atoms with Crippen LogP contribution in [0.25, 0.3) is 0 Å². The molecule has 3 saturated carbocycles. The molecule has 4 unspecified atom stereocenters. The average molecular weight is 1010 g/mol. The maximum Gasteiger partial charge on any atom is 0.338 e. The van der Waals surface area contributed by atoms with Crippen LogP contribution < -0.4 is 0 Å². The molecular formula is C62H72O12. The molecule has 4 aromatic rings. The first kappa shape index (κ1) is 51.8. The normalized spacial score (nSPS) is 35.4. The molecule has 12 heteroatoms. The molecule has 5 fully saturated rings. The van der Waals surface area contributed by atoms with Crippen molar-refractivity contribution in [3.8, 4) is 0 Å². The van der Waals surface area contributed by atoms with Crippen LogP contribution in [0.3, 0.4) is 0 Å². The van der Waals surface area contributed by atoms with Crippen molar-refractivity contribution in [2.45, 2.75) is 142 Å². The minimum absolute atomic E-state index is 0.0482. The first-order valence-electron chi connectivity index (χ1n) is 27.0. The van der Waals surface area contributed by atoms with Crippen LogP contribution in [0.4, 0.5) is 0 Å². The van der Waals surface area contributed by atoms with Crippen LogP contribution in [0.15, 0.2) is 133 Å². The van der Waals surface area contributed by atoms with E-state index in [0.29, 0.717) is 60.5 Å². The van der Waals surface area contributed by atoms with E-state index in [2.05, 4.69) is 47.6 Å². The molecule has 2 aliphatic heterocycles. The van der Waals surface area contributed by atoms with Crippen LogP contribution in [0.2, 0.25) is 0 Å². The first-order valence-corrected chi connectivity index (χ1v) is 27.0. The molecule has 0 spiro atoms. The molecule has 4 aliphatic carbocycles. The predicted octanol–water partition coefficient (Wildman–Crippen LogP) is 11.6. The van der Waals surface area contributed by atoms with Crippen molar-refractivity contribution in [3.05, 3.63) is 155 Å². The summed E-state index contributed by atoms with van der Waals surface area (Å²) in [4.78, 5) is 56.1. The Morgan fingerprint density at radius 1 is 0.676 bits per heavy atom. The van der Waals surface area contributed by atoms with Gasteiger partial charge in [0.1, 0.15) is 12.7 Å². The van der Waals surface area contributed by atoms with Crippen molar-refractivity contribution >= 4 is 23.9 Å². The summed E-state index contributed by atoms with van der Waals surface area (Å²) in [5.74, 6) is -0.643. The van der Waals surface area contributed by atoms with Crippen molar-refractivity contribution in [2.75, 3.05) is 13.2 Å². The molecule has 0 amide bonds. The number of rotatable bonds is 15. The van der Waals surface area contributed by atoms with Gasteiger partial charge in [0.15, 0.2) is 30.4 Å². The van der Waals surface area contributed by atoms with Crippen molar-refractivity contribution in [3.63, 3.8) is 0 Å². The maximum atomic E-state index is 14.2. The summed E-state index contributed by atoms with van der Waals surface area (Å²) in [6.45, 7) is 14.3. The Hall–Kier alpha value is -5.66. The standard InChI is InChI=1S/C62H72O12/c1-7-38(2)36-68-62(6)39(3)51-49(74-62)35-48-46-29-28-44-34-45(30-32-60(44,4)47(46)31-33-61(48,51)5)69-59-54(73-58(66)43-26-18-11-19-27-43)53(72-57(65)42-24-16-10-17-25-42)52(71-56(64)41-22-14-9-15-23-41)50(70-59)37-67-55(63)40-20-12-8-13-21-40/h8-28,38-39,45-54,59H,7,29-37H2,1-6H3/t38-,39+,45+,46-,47+,48+,49+,50?,51+,52?,53?,54?,59-,60+,61+,62-/m1/s1. The molecule has 4 aromatic carbocycles. The van der Waals surface area contributed by atoms with Crippen molar-refractivity contribution < 1.29 is 57.1 Å². The molecule has 0 radical (unpaired) electrons. The zero-order chi connectivity index (χ0) is 51.8. The lowest BCUT2D eigenvalue weighted by Crippen LogP contribution is -2.63. The third-order valence-corrected chi connectivity index (χ3v) is 18.3. The van der Waals surface area contributed by atoms with Gasteiger partial charge in [0.2, 0.25) is 0 Å². The largest absolute Gasteiger partial charge is 0.459 e. The molecule has 12 nitrogen and oxygen atoms in total. The SMILES string of the molecule is CC[C@@H](C)CO[C@]1(C)O[C@H]2C[C@H]3[C@@H]4CC=C5C[C@@H](O[C@@H]6OC(COC(=O)c7ccccc7)C(OC(=O)c7ccccc7)C(OC(=O)c7ccccc7)C6OC(=O)c6ccccc6)CC[C@]5(C)[C@H]4CC[C@]3(C)[C@H]2[C@@H]1C. The molecule has 0 aromatic heterocycles. The number of carbonyl (C=O) groups excluding carboxylic acids is 4. The fraction of sp³-hybridized carbons (Fsp3) is 0.516.